The Morgan fingerprint density at radius 3 is 2.61 bits per heavy atom. The first kappa shape index (κ1) is 25.0. The van der Waals surface area contributed by atoms with Crippen LogP contribution in [0.25, 0.3) is 6.08 Å². The van der Waals surface area contributed by atoms with Crippen molar-refractivity contribution in [2.45, 2.75) is 18.4 Å². The lowest BCUT2D eigenvalue weighted by Gasteiger charge is -2.42. The van der Waals surface area contributed by atoms with E-state index in [9.17, 15) is 8.42 Å². The van der Waals surface area contributed by atoms with Crippen LogP contribution in [0.4, 0.5) is 5.69 Å². The number of anilines is 1. The van der Waals surface area contributed by atoms with Gasteiger partial charge in [-0.3, -0.25) is 4.72 Å². The zero-order valence-corrected chi connectivity index (χ0v) is 18.4. The van der Waals surface area contributed by atoms with Gasteiger partial charge in [-0.15, -0.1) is 24.8 Å². The molecule has 0 aliphatic carbocycles. The summed E-state index contributed by atoms with van der Waals surface area (Å²) in [5.74, 6) is 0.797. The lowest BCUT2D eigenvalue weighted by molar-refractivity contribution is 0.0258. The first-order valence-corrected chi connectivity index (χ1v) is 10.8. The first-order chi connectivity index (χ1) is 12.4. The van der Waals surface area contributed by atoms with Crippen LogP contribution in [0, 0.1) is 0 Å². The average molecular weight is 454 g/mol. The van der Waals surface area contributed by atoms with Crippen molar-refractivity contribution in [3.63, 3.8) is 0 Å². The predicted molar refractivity (Wildman–Crippen MR) is 117 cm³/mol. The largest absolute Gasteiger partial charge is 0.482 e. The van der Waals surface area contributed by atoms with Crippen LogP contribution in [0.3, 0.4) is 0 Å². The number of hydrogen-bond donors (Lipinski definition) is 2. The Hall–Kier alpha value is -1.03. The molecule has 10 heteroatoms. The number of halogens is 2. The summed E-state index contributed by atoms with van der Waals surface area (Å²) in [7, 11) is -3.29. The van der Waals surface area contributed by atoms with Gasteiger partial charge in [0, 0.05) is 50.3 Å². The number of fused-ring (bicyclic) bond motifs is 1. The molecule has 2 heterocycles. The normalized spacial score (nSPS) is 17.8. The van der Waals surface area contributed by atoms with Crippen molar-refractivity contribution < 1.29 is 17.9 Å². The van der Waals surface area contributed by atoms with Gasteiger partial charge in [0.05, 0.1) is 19.5 Å². The molecule has 1 aromatic rings. The molecule has 1 fully saturated rings. The molecular formula is C18H29Cl2N3O4S. The van der Waals surface area contributed by atoms with Gasteiger partial charge in [-0.2, -0.15) is 0 Å². The Labute approximate surface area is 179 Å². The molecule has 28 heavy (non-hydrogen) atoms. The fraction of sp³-hybridized carbons (Fsp3) is 0.556. The van der Waals surface area contributed by atoms with Crippen LogP contribution in [0.15, 0.2) is 24.3 Å². The first-order valence-electron chi connectivity index (χ1n) is 8.89. The number of rotatable bonds is 7. The lowest BCUT2D eigenvalue weighted by Crippen LogP contribution is -2.48. The van der Waals surface area contributed by atoms with Gasteiger partial charge in [-0.1, -0.05) is 6.08 Å². The highest BCUT2D eigenvalue weighted by Crippen LogP contribution is 2.38. The van der Waals surface area contributed by atoms with Gasteiger partial charge in [0.25, 0.3) is 0 Å². The second-order valence-corrected chi connectivity index (χ2v) is 8.62. The number of piperidine rings is 1. The summed E-state index contributed by atoms with van der Waals surface area (Å²) in [6.07, 6.45) is 7.13. The number of likely N-dealkylation sites (tertiary alicyclic amines) is 1. The van der Waals surface area contributed by atoms with Crippen LogP contribution in [0.5, 0.6) is 5.75 Å². The summed E-state index contributed by atoms with van der Waals surface area (Å²) in [5, 5.41) is 0. The molecule has 0 aromatic heterocycles. The van der Waals surface area contributed by atoms with Crippen molar-refractivity contribution in [1.29, 1.82) is 0 Å². The number of benzene rings is 1. The summed E-state index contributed by atoms with van der Waals surface area (Å²) < 4.78 is 37.0. The molecule has 3 N–H and O–H groups in total. The molecule has 1 saturated heterocycles. The Morgan fingerprint density at radius 1 is 1.25 bits per heavy atom. The van der Waals surface area contributed by atoms with Crippen molar-refractivity contribution in [2.24, 2.45) is 5.73 Å². The average Bonchev–Trinajstić information content (AvgIpc) is 2.59. The topological polar surface area (TPSA) is 93.9 Å². The Balaban J connectivity index is 0.00000196. The molecule has 1 aromatic carbocycles. The van der Waals surface area contributed by atoms with Crippen LogP contribution in [0.2, 0.25) is 0 Å². The fourth-order valence-electron chi connectivity index (χ4n) is 3.35. The molecule has 0 bridgehead atoms. The van der Waals surface area contributed by atoms with Gasteiger partial charge in [-0.05, 0) is 24.3 Å². The maximum atomic E-state index is 11.4. The molecule has 0 unspecified atom stereocenters. The van der Waals surface area contributed by atoms with E-state index in [1.54, 1.807) is 12.1 Å². The third-order valence-corrected chi connectivity index (χ3v) is 5.32. The number of nitrogens with zero attached hydrogens (tertiary/aromatic N) is 1. The van der Waals surface area contributed by atoms with Crippen molar-refractivity contribution in [2.75, 3.05) is 50.4 Å². The Morgan fingerprint density at radius 2 is 1.96 bits per heavy atom. The summed E-state index contributed by atoms with van der Waals surface area (Å²) in [4.78, 5) is 2.38. The molecule has 0 radical (unpaired) electrons. The molecule has 160 valence electrons. The van der Waals surface area contributed by atoms with Crippen LogP contribution < -0.4 is 15.2 Å². The van der Waals surface area contributed by atoms with Gasteiger partial charge in [0.2, 0.25) is 10.0 Å². The Kier molecular flexibility index (Phi) is 9.52. The molecule has 3 rings (SSSR count). The predicted octanol–water partition coefficient (Wildman–Crippen LogP) is 2.12. The lowest BCUT2D eigenvalue weighted by atomic mass is 9.88. The third-order valence-electron chi connectivity index (χ3n) is 4.71. The molecule has 7 nitrogen and oxygen atoms in total. The van der Waals surface area contributed by atoms with E-state index in [4.69, 9.17) is 15.2 Å². The second-order valence-electron chi connectivity index (χ2n) is 6.87. The highest BCUT2D eigenvalue weighted by atomic mass is 35.5. The number of hydrogen-bond acceptors (Lipinski definition) is 6. The fourth-order valence-corrected chi connectivity index (χ4v) is 3.90. The monoisotopic (exact) mass is 453 g/mol. The maximum Gasteiger partial charge on any atom is 0.229 e. The maximum absolute atomic E-state index is 11.4. The highest BCUT2D eigenvalue weighted by Gasteiger charge is 2.36. The van der Waals surface area contributed by atoms with E-state index in [0.29, 0.717) is 25.4 Å². The van der Waals surface area contributed by atoms with Crippen molar-refractivity contribution in [3.05, 3.63) is 29.8 Å². The van der Waals surface area contributed by atoms with Crippen molar-refractivity contribution in [1.82, 2.24) is 4.90 Å². The summed E-state index contributed by atoms with van der Waals surface area (Å²) >= 11 is 0. The molecule has 1 spiro atoms. The minimum absolute atomic E-state index is 0. The Bertz CT molecular complexity index is 766. The zero-order valence-electron chi connectivity index (χ0n) is 15.9. The van der Waals surface area contributed by atoms with Gasteiger partial charge in [0.1, 0.15) is 11.4 Å². The molecule has 0 atom stereocenters. The minimum Gasteiger partial charge on any atom is -0.482 e. The summed E-state index contributed by atoms with van der Waals surface area (Å²) in [6.45, 7) is 4.70. The SMILES string of the molecule is CS(=O)(=O)Nc1ccc2c(c1)C=CC1(CCN(CCOCCN)CC1)O2.Cl.Cl. The van der Waals surface area contributed by atoms with Gasteiger partial charge >= 0.3 is 0 Å². The van der Waals surface area contributed by atoms with Gasteiger partial charge in [-0.25, -0.2) is 8.42 Å². The second kappa shape index (κ2) is 10.7. The van der Waals surface area contributed by atoms with Crippen LogP contribution in [0.1, 0.15) is 18.4 Å². The number of ether oxygens (including phenoxy) is 2. The van der Waals surface area contributed by atoms with Crippen LogP contribution in [-0.2, 0) is 14.8 Å². The summed E-state index contributed by atoms with van der Waals surface area (Å²) in [5.41, 5.74) is 6.59. The van der Waals surface area contributed by atoms with E-state index in [2.05, 4.69) is 15.7 Å². The van der Waals surface area contributed by atoms with E-state index in [0.717, 1.165) is 50.0 Å². The molecular weight excluding hydrogens is 425 g/mol. The highest BCUT2D eigenvalue weighted by molar-refractivity contribution is 7.92. The van der Waals surface area contributed by atoms with E-state index in [1.165, 1.54) is 0 Å². The summed E-state index contributed by atoms with van der Waals surface area (Å²) in [6, 6.07) is 5.36. The molecule has 2 aliphatic rings. The van der Waals surface area contributed by atoms with Gasteiger partial charge < -0.3 is 20.1 Å². The van der Waals surface area contributed by atoms with Crippen molar-refractivity contribution >= 4 is 46.6 Å². The quantitative estimate of drug-likeness (QED) is 0.613. The number of nitrogens with one attached hydrogen (secondary N) is 1. The molecule has 0 saturated carbocycles. The van der Waals surface area contributed by atoms with Crippen LogP contribution >= 0.6 is 24.8 Å². The smallest absolute Gasteiger partial charge is 0.229 e. The van der Waals surface area contributed by atoms with Crippen molar-refractivity contribution in [3.8, 4) is 5.75 Å². The van der Waals surface area contributed by atoms with E-state index < -0.39 is 10.0 Å². The number of nitrogens with two attached hydrogens (primary N) is 1. The number of sulfonamides is 1. The van der Waals surface area contributed by atoms with Gasteiger partial charge in [0.15, 0.2) is 0 Å². The molecule has 0 amide bonds. The minimum atomic E-state index is -3.29. The standard InChI is InChI=1S/C18H27N3O4S.2ClH/c1-26(22,23)20-16-2-3-17-15(14-16)4-5-18(25-17)6-9-21(10-7-18)11-13-24-12-8-19;;/h2-5,14,20H,6-13,19H2,1H3;2*1H. The van der Waals surface area contributed by atoms with Crippen LogP contribution in [-0.4, -0.2) is 64.6 Å². The zero-order chi connectivity index (χ0) is 18.6. The molecule has 2 aliphatic heterocycles. The van der Waals surface area contributed by atoms with E-state index in [1.807, 2.05) is 12.1 Å². The van der Waals surface area contributed by atoms with E-state index >= 15 is 0 Å². The third kappa shape index (κ3) is 6.79. The van der Waals surface area contributed by atoms with E-state index in [-0.39, 0.29) is 30.4 Å².